The predicted molar refractivity (Wildman–Crippen MR) is 99.8 cm³/mol. The fourth-order valence-corrected chi connectivity index (χ4v) is 3.17. The minimum absolute atomic E-state index is 0.135. The normalized spacial score (nSPS) is 16.0. The van der Waals surface area contributed by atoms with Gasteiger partial charge in [-0.15, -0.1) is 0 Å². The molecule has 0 amide bonds. The number of benzene rings is 1. The molecule has 1 aromatic carbocycles. The summed E-state index contributed by atoms with van der Waals surface area (Å²) < 4.78 is 17.0. The first-order chi connectivity index (χ1) is 13.0. The van der Waals surface area contributed by atoms with Crippen molar-refractivity contribution < 1.29 is 14.2 Å². The molecule has 2 heterocycles. The highest BCUT2D eigenvalue weighted by atomic mass is 16.5. The Kier molecular flexibility index (Phi) is 5.80. The van der Waals surface area contributed by atoms with E-state index in [9.17, 15) is 9.59 Å². The largest absolute Gasteiger partial charge is 0.493 e. The van der Waals surface area contributed by atoms with Crippen molar-refractivity contribution in [2.45, 2.75) is 31.8 Å². The highest BCUT2D eigenvalue weighted by molar-refractivity contribution is 5.45. The van der Waals surface area contributed by atoms with Gasteiger partial charge < -0.3 is 19.5 Å². The van der Waals surface area contributed by atoms with Crippen LogP contribution in [0.5, 0.6) is 11.5 Å². The summed E-state index contributed by atoms with van der Waals surface area (Å²) in [4.78, 5) is 31.4. The number of hydrogen-bond donors (Lipinski definition) is 2. The molecule has 0 spiro atoms. The SMILES string of the molecule is COc1ccc([C@H](C)Nc2nc(=O)n(C3CCOCC3)c(=O)[nH]2)cc1OC. The highest BCUT2D eigenvalue weighted by Crippen LogP contribution is 2.30. The van der Waals surface area contributed by atoms with E-state index in [1.54, 1.807) is 20.3 Å². The van der Waals surface area contributed by atoms with Crippen molar-refractivity contribution in [3.63, 3.8) is 0 Å². The number of nitrogens with one attached hydrogen (secondary N) is 2. The summed E-state index contributed by atoms with van der Waals surface area (Å²) in [5.74, 6) is 1.36. The molecule has 1 aliphatic rings. The maximum absolute atomic E-state index is 12.4. The summed E-state index contributed by atoms with van der Waals surface area (Å²) in [7, 11) is 3.13. The molecule has 1 fully saturated rings. The van der Waals surface area contributed by atoms with E-state index in [4.69, 9.17) is 14.2 Å². The van der Waals surface area contributed by atoms with Crippen molar-refractivity contribution in [3.05, 3.63) is 44.7 Å². The smallest absolute Gasteiger partial charge is 0.355 e. The Morgan fingerprint density at radius 1 is 1.22 bits per heavy atom. The maximum atomic E-state index is 12.4. The van der Waals surface area contributed by atoms with Crippen molar-refractivity contribution in [2.24, 2.45) is 0 Å². The van der Waals surface area contributed by atoms with Gasteiger partial charge in [0.05, 0.1) is 20.3 Å². The molecular weight excluding hydrogens is 352 g/mol. The molecule has 27 heavy (non-hydrogen) atoms. The zero-order valence-corrected chi connectivity index (χ0v) is 15.7. The molecule has 9 heteroatoms. The molecule has 0 saturated carbocycles. The lowest BCUT2D eigenvalue weighted by atomic mass is 10.1. The molecule has 3 rings (SSSR count). The molecule has 9 nitrogen and oxygen atoms in total. The monoisotopic (exact) mass is 376 g/mol. The quantitative estimate of drug-likeness (QED) is 0.786. The third kappa shape index (κ3) is 4.13. The summed E-state index contributed by atoms with van der Waals surface area (Å²) >= 11 is 0. The molecule has 0 aliphatic carbocycles. The Hall–Kier alpha value is -2.81. The molecule has 1 aliphatic heterocycles. The second-order valence-corrected chi connectivity index (χ2v) is 6.37. The second-order valence-electron chi connectivity index (χ2n) is 6.37. The zero-order valence-electron chi connectivity index (χ0n) is 15.7. The minimum Gasteiger partial charge on any atom is -0.493 e. The standard InChI is InChI=1S/C18H24N4O5/c1-11(12-4-5-14(25-2)15(10-12)26-3)19-16-20-17(23)22(18(24)21-16)13-6-8-27-9-7-13/h4-5,10-11,13H,6-9H2,1-3H3,(H2,19,20,21,23,24)/t11-/m0/s1. The van der Waals surface area contributed by atoms with E-state index in [-0.39, 0.29) is 18.0 Å². The fourth-order valence-electron chi connectivity index (χ4n) is 3.17. The number of nitrogens with zero attached hydrogens (tertiary/aromatic N) is 2. The van der Waals surface area contributed by atoms with E-state index >= 15 is 0 Å². The number of rotatable bonds is 6. The van der Waals surface area contributed by atoms with Crippen LogP contribution in [0, 0.1) is 0 Å². The van der Waals surface area contributed by atoms with E-state index < -0.39 is 11.4 Å². The van der Waals surface area contributed by atoms with Gasteiger partial charge >= 0.3 is 11.4 Å². The van der Waals surface area contributed by atoms with Crippen molar-refractivity contribution in [2.75, 3.05) is 32.8 Å². The molecule has 0 bridgehead atoms. The van der Waals surface area contributed by atoms with Crippen LogP contribution in [-0.4, -0.2) is 42.0 Å². The van der Waals surface area contributed by atoms with Crippen LogP contribution < -0.4 is 26.2 Å². The van der Waals surface area contributed by atoms with E-state index in [1.165, 1.54) is 4.57 Å². The average molecular weight is 376 g/mol. The molecule has 0 radical (unpaired) electrons. The van der Waals surface area contributed by atoms with Crippen LogP contribution in [0.1, 0.15) is 37.4 Å². The van der Waals surface area contributed by atoms with Gasteiger partial charge in [-0.25, -0.2) is 14.2 Å². The van der Waals surface area contributed by atoms with Crippen LogP contribution in [0.2, 0.25) is 0 Å². The van der Waals surface area contributed by atoms with Crippen molar-refractivity contribution >= 4 is 5.95 Å². The highest BCUT2D eigenvalue weighted by Gasteiger charge is 2.20. The molecular formula is C18H24N4O5. The predicted octanol–water partition coefficient (Wildman–Crippen LogP) is 1.47. The van der Waals surface area contributed by atoms with Crippen LogP contribution >= 0.6 is 0 Å². The molecule has 2 N–H and O–H groups in total. The van der Waals surface area contributed by atoms with Crippen LogP contribution in [0.3, 0.4) is 0 Å². The lowest BCUT2D eigenvalue weighted by Gasteiger charge is -2.23. The van der Waals surface area contributed by atoms with Crippen molar-refractivity contribution in [3.8, 4) is 11.5 Å². The maximum Gasteiger partial charge on any atom is 0.355 e. The third-order valence-electron chi connectivity index (χ3n) is 4.67. The van der Waals surface area contributed by atoms with E-state index in [0.717, 1.165) is 5.56 Å². The molecule has 1 atom stereocenters. The zero-order chi connectivity index (χ0) is 19.4. The first-order valence-electron chi connectivity index (χ1n) is 8.82. The molecule has 146 valence electrons. The van der Waals surface area contributed by atoms with Crippen molar-refractivity contribution in [1.29, 1.82) is 0 Å². The third-order valence-corrected chi connectivity index (χ3v) is 4.67. The first-order valence-corrected chi connectivity index (χ1v) is 8.82. The number of H-pyrrole nitrogens is 1. The van der Waals surface area contributed by atoms with Crippen LogP contribution in [-0.2, 0) is 4.74 Å². The lowest BCUT2D eigenvalue weighted by Crippen LogP contribution is -2.42. The number of hydrogen-bond acceptors (Lipinski definition) is 7. The fraction of sp³-hybridized carbons (Fsp3) is 0.500. The Balaban J connectivity index is 1.81. The number of aromatic amines is 1. The average Bonchev–Trinajstić information content (AvgIpc) is 2.67. The van der Waals surface area contributed by atoms with Gasteiger partial charge in [-0.2, -0.15) is 4.98 Å². The van der Waals surface area contributed by atoms with Gasteiger partial charge in [-0.05, 0) is 37.5 Å². The van der Waals surface area contributed by atoms with Gasteiger partial charge in [0.2, 0.25) is 5.95 Å². The minimum atomic E-state index is -0.562. The Morgan fingerprint density at radius 3 is 2.56 bits per heavy atom. The summed E-state index contributed by atoms with van der Waals surface area (Å²) in [6, 6.07) is 5.11. The molecule has 2 aromatic rings. The van der Waals surface area contributed by atoms with Gasteiger partial charge in [0.1, 0.15) is 0 Å². The molecule has 1 saturated heterocycles. The van der Waals surface area contributed by atoms with Gasteiger partial charge in [0.15, 0.2) is 11.5 Å². The summed E-state index contributed by atoms with van der Waals surface area (Å²) in [5.41, 5.74) is -0.138. The number of aromatic nitrogens is 3. The number of methoxy groups -OCH3 is 2. The lowest BCUT2D eigenvalue weighted by molar-refractivity contribution is 0.0670. The van der Waals surface area contributed by atoms with Gasteiger partial charge in [0.25, 0.3) is 0 Å². The van der Waals surface area contributed by atoms with Crippen LogP contribution in [0.4, 0.5) is 5.95 Å². The Morgan fingerprint density at radius 2 is 1.93 bits per heavy atom. The van der Waals surface area contributed by atoms with E-state index in [0.29, 0.717) is 37.6 Å². The first kappa shape index (κ1) is 19.0. The van der Waals surface area contributed by atoms with E-state index in [1.807, 2.05) is 19.1 Å². The summed E-state index contributed by atoms with van der Waals surface area (Å²) in [6.45, 7) is 2.96. The van der Waals surface area contributed by atoms with Crippen molar-refractivity contribution in [1.82, 2.24) is 14.5 Å². The van der Waals surface area contributed by atoms with E-state index in [2.05, 4.69) is 15.3 Å². The van der Waals surface area contributed by atoms with Gasteiger partial charge in [-0.3, -0.25) is 4.98 Å². The summed E-state index contributed by atoms with van der Waals surface area (Å²) in [6.07, 6.45) is 1.25. The van der Waals surface area contributed by atoms with Crippen LogP contribution in [0.15, 0.2) is 27.8 Å². The van der Waals surface area contributed by atoms with Crippen LogP contribution in [0.25, 0.3) is 0 Å². The number of ether oxygens (including phenoxy) is 3. The molecule has 1 aromatic heterocycles. The topological polar surface area (TPSA) is 107 Å². The van der Waals surface area contributed by atoms with Gasteiger partial charge in [-0.1, -0.05) is 6.07 Å². The second kappa shape index (κ2) is 8.26. The Labute approximate surface area is 156 Å². The Bertz CT molecular complexity index is 870. The number of anilines is 1. The van der Waals surface area contributed by atoms with Gasteiger partial charge in [0, 0.05) is 19.3 Å². The summed E-state index contributed by atoms with van der Waals surface area (Å²) in [5, 5.41) is 3.06. The molecule has 0 unspecified atom stereocenters.